The quantitative estimate of drug-likeness (QED) is 0.142. The summed E-state index contributed by atoms with van der Waals surface area (Å²) in [6.45, 7) is 8.91. The zero-order valence-electron chi connectivity index (χ0n) is 43.3. The van der Waals surface area contributed by atoms with Gasteiger partial charge < -0.3 is 0 Å². The molecule has 8 aromatic carbocycles. The Morgan fingerprint density at radius 3 is 1.74 bits per heavy atom. The summed E-state index contributed by atoms with van der Waals surface area (Å²) in [5.41, 5.74) is 20.9. The van der Waals surface area contributed by atoms with E-state index in [1.165, 1.54) is 5.56 Å². The number of pyridine rings is 3. The molecule has 0 radical (unpaired) electrons. The monoisotopic (exact) mass is 1190 g/mol. The number of benzene rings is 8. The Morgan fingerprint density at radius 2 is 1.09 bits per heavy atom. The van der Waals surface area contributed by atoms with E-state index < -0.39 is 5.41 Å². The fourth-order valence-electron chi connectivity index (χ4n) is 12.0. The molecule has 0 N–H and O–H groups in total. The molecule has 0 unspecified atom stereocenters. The van der Waals surface area contributed by atoms with E-state index in [-0.39, 0.29) is 5.41 Å². The Kier molecular flexibility index (Phi) is 11.3. The maximum absolute atomic E-state index is 6.99. The van der Waals surface area contributed by atoms with Gasteiger partial charge in [0.1, 0.15) is 0 Å². The number of nitrogens with zero attached hydrogens (tertiary/aromatic N) is 6. The molecule has 78 heavy (non-hydrogen) atoms. The first-order valence-corrected chi connectivity index (χ1v) is 27.4. The normalized spacial score (nSPS) is 13.0. The van der Waals surface area contributed by atoms with Crippen LogP contribution < -0.4 is 9.64 Å². The molecule has 0 amide bonds. The van der Waals surface area contributed by atoms with Crippen LogP contribution in [0.2, 0.25) is 0 Å². The van der Waals surface area contributed by atoms with Crippen molar-refractivity contribution in [1.82, 2.24) is 24.1 Å². The molecule has 1 aliphatic carbocycles. The predicted molar refractivity (Wildman–Crippen MR) is 309 cm³/mol. The van der Waals surface area contributed by atoms with Crippen molar-refractivity contribution in [2.24, 2.45) is 0 Å². The molecular weight excluding hydrogens is 1140 g/mol. The van der Waals surface area contributed by atoms with E-state index in [0.717, 1.165) is 116 Å². The van der Waals surface area contributed by atoms with E-state index >= 15 is 0 Å². The third-order valence-electron chi connectivity index (χ3n) is 15.6. The summed E-state index contributed by atoms with van der Waals surface area (Å²) >= 11 is 2.48. The van der Waals surface area contributed by atoms with Crippen LogP contribution in [0.15, 0.2) is 231 Å². The number of hydrogen-bond acceptors (Lipinski definition) is 5. The van der Waals surface area contributed by atoms with E-state index in [4.69, 9.17) is 19.7 Å². The summed E-state index contributed by atoms with van der Waals surface area (Å²) in [6, 6.07) is 78.4. The van der Waals surface area contributed by atoms with E-state index in [2.05, 4.69) is 255 Å². The molecule has 0 atom stereocenters. The van der Waals surface area contributed by atoms with Crippen molar-refractivity contribution in [3.63, 3.8) is 0 Å². The standard InChI is InChI=1S/C70H50N6O.Pt/c1-46-39-67(73-42-58(46)49-29-31-50(32-30-49)69(2,3)4)76-63-26-12-11-25-59(63)70(61-43-71-37-35-56(61)57-36-38-72-44-62(57)70)60-34-33-53(41-66(60)76)77-52-22-15-21-51(40-52)74-45-75(65-28-14-13-27-64(65)74)68-54(47-17-7-5-8-18-47)23-16-24-55(68)48-19-9-6-10-20-48;/h5-39,42-44H,1-4H3;/q-2;. The molecule has 2 aliphatic rings. The van der Waals surface area contributed by atoms with Crippen LogP contribution in [-0.2, 0) is 30.2 Å². The Balaban J connectivity index is 0.919. The van der Waals surface area contributed by atoms with Gasteiger partial charge in [-0.25, -0.2) is 0 Å². The first-order chi connectivity index (χ1) is 38.2. The van der Waals surface area contributed by atoms with Crippen LogP contribution in [0, 0.1) is 22.9 Å². The van der Waals surface area contributed by atoms with Crippen molar-refractivity contribution >= 4 is 28.2 Å². The number of imidazole rings is 1. The van der Waals surface area contributed by atoms with Crippen molar-refractivity contribution in [2.75, 3.05) is 4.90 Å². The minimum atomic E-state index is -0.762. The number of rotatable bonds is 8. The number of aromatic nitrogens is 5. The van der Waals surface area contributed by atoms with Gasteiger partial charge in [0, 0.05) is 36.5 Å². The predicted octanol–water partition coefficient (Wildman–Crippen LogP) is 16.8. The van der Waals surface area contributed by atoms with Crippen LogP contribution in [0.25, 0.3) is 66.9 Å². The molecular formula is C70H50N6OPt-2. The van der Waals surface area contributed by atoms with E-state index in [0.29, 0.717) is 11.5 Å². The molecule has 8 heteroatoms. The number of ether oxygens (including phenoxy) is 1. The Labute approximate surface area is 464 Å². The second-order valence-corrected chi connectivity index (χ2v) is 22.1. The third kappa shape index (κ3) is 7.51. The zero-order valence-corrected chi connectivity index (χ0v) is 45.6. The SMILES string of the molecule is Cc1cc(N2c3[c-]c(Oc4[c-]c(-n5[c](=[Pt])n(-c6c(-c7ccccc7)cccc6-c6ccccc6)c6ccccc65)ccc4)ccc3C3(c4cnccc4-c4ccncc43)c3ccccc32)ncc1-c1ccc(C(C)(C)C)cc1. The van der Waals surface area contributed by atoms with Gasteiger partial charge in [-0.2, -0.15) is 0 Å². The molecule has 0 bridgehead atoms. The van der Waals surface area contributed by atoms with E-state index in [1.54, 1.807) is 0 Å². The molecule has 7 nitrogen and oxygen atoms in total. The molecule has 1 aliphatic heterocycles. The molecule has 378 valence electrons. The van der Waals surface area contributed by atoms with Crippen LogP contribution in [0.3, 0.4) is 0 Å². The number of fused-ring (bicyclic) bond motifs is 10. The molecule has 0 fully saturated rings. The van der Waals surface area contributed by atoms with Crippen molar-refractivity contribution < 1.29 is 24.1 Å². The van der Waals surface area contributed by atoms with Gasteiger partial charge in [-0.3, -0.25) is 9.97 Å². The van der Waals surface area contributed by atoms with Gasteiger partial charge in [0.25, 0.3) is 0 Å². The van der Waals surface area contributed by atoms with E-state index in [1.807, 2.05) is 49.2 Å². The van der Waals surface area contributed by atoms with Gasteiger partial charge in [0.05, 0.1) is 0 Å². The topological polar surface area (TPSA) is 61.0 Å². The summed E-state index contributed by atoms with van der Waals surface area (Å²) in [4.78, 5) is 17.1. The second-order valence-electron chi connectivity index (χ2n) is 21.1. The van der Waals surface area contributed by atoms with Crippen LogP contribution in [0.5, 0.6) is 11.5 Å². The average molecular weight is 1190 g/mol. The van der Waals surface area contributed by atoms with Gasteiger partial charge >= 0.3 is 306 Å². The fourth-order valence-corrected chi connectivity index (χ4v) is 13.0. The minimum absolute atomic E-state index is 0.0535. The fraction of sp³-hybridized carbons (Fsp3) is 0.0857. The Morgan fingerprint density at radius 1 is 0.500 bits per heavy atom. The van der Waals surface area contributed by atoms with Gasteiger partial charge in [0.2, 0.25) is 0 Å². The van der Waals surface area contributed by atoms with Gasteiger partial charge in [-0.05, 0) is 52.3 Å². The molecule has 0 saturated carbocycles. The Bertz CT molecular complexity index is 4280. The third-order valence-corrected chi connectivity index (χ3v) is 16.6. The van der Waals surface area contributed by atoms with Gasteiger partial charge in [-0.1, -0.05) is 63.2 Å². The van der Waals surface area contributed by atoms with Crippen molar-refractivity contribution in [3.05, 3.63) is 280 Å². The van der Waals surface area contributed by atoms with Crippen LogP contribution >= 0.6 is 0 Å². The smallest absolute Gasteiger partial charge is 0.0579 e. The van der Waals surface area contributed by atoms with Crippen molar-refractivity contribution in [3.8, 4) is 67.4 Å². The molecule has 4 aromatic heterocycles. The number of anilines is 3. The summed E-state index contributed by atoms with van der Waals surface area (Å²) in [6.07, 6.45) is 9.82. The Hall–Kier alpha value is -9.03. The molecule has 1 spiro atoms. The van der Waals surface area contributed by atoms with Gasteiger partial charge in [0.15, 0.2) is 0 Å². The molecule has 5 heterocycles. The first-order valence-electron chi connectivity index (χ1n) is 26.2. The van der Waals surface area contributed by atoms with Gasteiger partial charge in [-0.15, -0.1) is 0 Å². The zero-order chi connectivity index (χ0) is 52.7. The average Bonchev–Trinajstić information content (AvgIpc) is 3.38. The molecule has 14 rings (SSSR count). The minimum Gasteiger partial charge on any atom is -0.0579 e. The summed E-state index contributed by atoms with van der Waals surface area (Å²) in [5.74, 6) is 1.86. The number of hydrogen-bond donors (Lipinski definition) is 0. The van der Waals surface area contributed by atoms with Crippen LogP contribution in [0.4, 0.5) is 17.2 Å². The van der Waals surface area contributed by atoms with E-state index in [9.17, 15) is 0 Å². The summed E-state index contributed by atoms with van der Waals surface area (Å²) < 4.78 is 12.6. The van der Waals surface area contributed by atoms with Crippen LogP contribution in [-0.4, -0.2) is 24.1 Å². The maximum atomic E-state index is 6.99. The first kappa shape index (κ1) is 47.4. The molecule has 0 saturated heterocycles. The number of aryl methyl sites for hydroxylation is 1. The van der Waals surface area contributed by atoms with Crippen LogP contribution in [0.1, 0.15) is 54.2 Å². The van der Waals surface area contributed by atoms with Crippen molar-refractivity contribution in [1.29, 1.82) is 0 Å². The van der Waals surface area contributed by atoms with Crippen molar-refractivity contribution in [2.45, 2.75) is 38.5 Å². The molecule has 12 aromatic rings. The number of para-hydroxylation sites is 4. The summed E-state index contributed by atoms with van der Waals surface area (Å²) in [7, 11) is 0. The summed E-state index contributed by atoms with van der Waals surface area (Å²) in [5, 5.41) is 0. The second kappa shape index (κ2) is 18.6.